The van der Waals surface area contributed by atoms with Gasteiger partial charge in [0, 0.05) is 5.69 Å². The molecule has 0 radical (unpaired) electrons. The zero-order valence-corrected chi connectivity index (χ0v) is 13.3. The zero-order valence-electron chi connectivity index (χ0n) is 13.3. The molecule has 0 aromatic heterocycles. The van der Waals surface area contributed by atoms with Crippen LogP contribution in [0.15, 0.2) is 24.3 Å². The van der Waals surface area contributed by atoms with E-state index in [4.69, 9.17) is 5.73 Å². The van der Waals surface area contributed by atoms with Gasteiger partial charge >= 0.3 is 6.18 Å². The van der Waals surface area contributed by atoms with Crippen molar-refractivity contribution in [3.05, 3.63) is 29.8 Å². The predicted octanol–water partition coefficient (Wildman–Crippen LogP) is 2.37. The van der Waals surface area contributed by atoms with Crippen molar-refractivity contribution in [1.29, 1.82) is 0 Å². The van der Waals surface area contributed by atoms with Crippen LogP contribution in [0.1, 0.15) is 31.7 Å². The summed E-state index contributed by atoms with van der Waals surface area (Å²) < 4.78 is 38.1. The fourth-order valence-corrected chi connectivity index (χ4v) is 2.86. The molecule has 0 bridgehead atoms. The molecule has 1 aliphatic heterocycles. The average Bonchev–Trinajstić information content (AvgIpc) is 2.49. The topological polar surface area (TPSA) is 75.4 Å². The van der Waals surface area contributed by atoms with Gasteiger partial charge in [-0.25, -0.2) is 0 Å². The highest BCUT2D eigenvalue weighted by Gasteiger charge is 2.40. The number of carbonyl (C=O) groups excluding carboxylic acids is 2. The minimum absolute atomic E-state index is 0.0626. The molecule has 24 heavy (non-hydrogen) atoms. The van der Waals surface area contributed by atoms with E-state index in [-0.39, 0.29) is 12.2 Å². The number of anilines is 1. The molecule has 1 fully saturated rings. The molecule has 1 aromatic carbocycles. The van der Waals surface area contributed by atoms with Crippen molar-refractivity contribution in [3.63, 3.8) is 0 Å². The maximum atomic E-state index is 12.7. The molecule has 5 nitrogen and oxygen atoms in total. The van der Waals surface area contributed by atoms with Crippen molar-refractivity contribution < 1.29 is 22.8 Å². The van der Waals surface area contributed by atoms with Crippen molar-refractivity contribution >= 4 is 17.5 Å². The summed E-state index contributed by atoms with van der Waals surface area (Å²) in [4.78, 5) is 25.6. The Morgan fingerprint density at radius 1 is 1.33 bits per heavy atom. The Morgan fingerprint density at radius 3 is 2.67 bits per heavy atom. The molecule has 8 heteroatoms. The Bertz CT molecular complexity index is 633. The number of primary amides is 1. The molecule has 1 aromatic rings. The monoisotopic (exact) mass is 343 g/mol. The van der Waals surface area contributed by atoms with Gasteiger partial charge in [-0.05, 0) is 50.9 Å². The normalized spacial score (nSPS) is 22.2. The fourth-order valence-electron chi connectivity index (χ4n) is 2.86. The van der Waals surface area contributed by atoms with Gasteiger partial charge < -0.3 is 11.1 Å². The van der Waals surface area contributed by atoms with Gasteiger partial charge in [-0.3, -0.25) is 14.5 Å². The van der Waals surface area contributed by atoms with Crippen LogP contribution in [0.4, 0.5) is 18.9 Å². The third-order valence-electron chi connectivity index (χ3n) is 4.38. The number of nitrogens with two attached hydrogens (primary N) is 1. The smallest absolute Gasteiger partial charge is 0.368 e. The van der Waals surface area contributed by atoms with Gasteiger partial charge in [0.1, 0.15) is 0 Å². The van der Waals surface area contributed by atoms with Crippen LogP contribution in [0.3, 0.4) is 0 Å². The van der Waals surface area contributed by atoms with Gasteiger partial charge in [-0.2, -0.15) is 13.2 Å². The predicted molar refractivity (Wildman–Crippen MR) is 83.1 cm³/mol. The van der Waals surface area contributed by atoms with Gasteiger partial charge in [0.25, 0.3) is 0 Å². The Morgan fingerprint density at radius 2 is 2.04 bits per heavy atom. The molecule has 132 valence electrons. The first-order chi connectivity index (χ1) is 11.1. The van der Waals surface area contributed by atoms with Crippen molar-refractivity contribution in [2.45, 2.75) is 37.9 Å². The van der Waals surface area contributed by atoms with E-state index >= 15 is 0 Å². The van der Waals surface area contributed by atoms with Crippen molar-refractivity contribution in [2.75, 3.05) is 18.4 Å². The zero-order chi connectivity index (χ0) is 18.0. The lowest BCUT2D eigenvalue weighted by Gasteiger charge is -2.42. The van der Waals surface area contributed by atoms with E-state index in [1.807, 2.05) is 0 Å². The SMILES string of the molecule is C[C@@]1(C(N)=O)CCCCN1CC(=O)Nc1cccc(C(F)(F)F)c1. The van der Waals surface area contributed by atoms with Crippen LogP contribution in [0.25, 0.3) is 0 Å². The third-order valence-corrected chi connectivity index (χ3v) is 4.38. The van der Waals surface area contributed by atoms with E-state index < -0.39 is 29.1 Å². The minimum atomic E-state index is -4.47. The Hall–Kier alpha value is -2.09. The number of nitrogens with one attached hydrogen (secondary N) is 1. The molecular weight excluding hydrogens is 323 g/mol. The first-order valence-electron chi connectivity index (χ1n) is 7.65. The van der Waals surface area contributed by atoms with E-state index in [1.54, 1.807) is 11.8 Å². The maximum Gasteiger partial charge on any atom is 0.416 e. The quantitative estimate of drug-likeness (QED) is 0.881. The van der Waals surface area contributed by atoms with Crippen LogP contribution < -0.4 is 11.1 Å². The van der Waals surface area contributed by atoms with Gasteiger partial charge in [0.05, 0.1) is 17.6 Å². The second kappa shape index (κ2) is 6.80. The fraction of sp³-hybridized carbons (Fsp3) is 0.500. The Labute approximate surface area is 138 Å². The van der Waals surface area contributed by atoms with E-state index in [0.29, 0.717) is 13.0 Å². The average molecular weight is 343 g/mol. The molecule has 1 saturated heterocycles. The molecule has 0 saturated carbocycles. The third kappa shape index (κ3) is 4.05. The lowest BCUT2D eigenvalue weighted by molar-refractivity contribution is -0.137. The van der Waals surface area contributed by atoms with Crippen molar-refractivity contribution in [1.82, 2.24) is 4.90 Å². The summed E-state index contributed by atoms with van der Waals surface area (Å²) in [5.41, 5.74) is 3.77. The number of piperidine rings is 1. The summed E-state index contributed by atoms with van der Waals surface area (Å²) >= 11 is 0. The molecule has 2 amide bonds. The van der Waals surface area contributed by atoms with Crippen molar-refractivity contribution in [2.24, 2.45) is 5.73 Å². The molecule has 3 N–H and O–H groups in total. The molecule has 0 spiro atoms. The van der Waals surface area contributed by atoms with Crippen LogP contribution in [-0.2, 0) is 15.8 Å². The van der Waals surface area contributed by atoms with E-state index in [0.717, 1.165) is 25.0 Å². The number of hydrogen-bond acceptors (Lipinski definition) is 3. The number of amides is 2. The second-order valence-corrected chi connectivity index (χ2v) is 6.14. The van der Waals surface area contributed by atoms with Crippen LogP contribution in [0.5, 0.6) is 0 Å². The number of rotatable bonds is 4. The van der Waals surface area contributed by atoms with Gasteiger partial charge in [-0.1, -0.05) is 6.07 Å². The van der Waals surface area contributed by atoms with Crippen LogP contribution in [-0.4, -0.2) is 35.3 Å². The van der Waals surface area contributed by atoms with Gasteiger partial charge in [0.2, 0.25) is 11.8 Å². The number of halogens is 3. The molecule has 1 atom stereocenters. The molecule has 2 rings (SSSR count). The van der Waals surface area contributed by atoms with Gasteiger partial charge in [-0.15, -0.1) is 0 Å². The first kappa shape index (κ1) is 18.3. The molecule has 0 aliphatic carbocycles. The van der Waals surface area contributed by atoms with E-state index in [1.165, 1.54) is 12.1 Å². The lowest BCUT2D eigenvalue weighted by atomic mass is 9.87. The van der Waals surface area contributed by atoms with Gasteiger partial charge in [0.15, 0.2) is 0 Å². The van der Waals surface area contributed by atoms with Crippen LogP contribution in [0, 0.1) is 0 Å². The number of hydrogen-bond donors (Lipinski definition) is 2. The number of carbonyl (C=O) groups is 2. The second-order valence-electron chi connectivity index (χ2n) is 6.14. The van der Waals surface area contributed by atoms with E-state index in [2.05, 4.69) is 5.32 Å². The highest BCUT2D eigenvalue weighted by atomic mass is 19.4. The van der Waals surface area contributed by atoms with Crippen molar-refractivity contribution in [3.8, 4) is 0 Å². The highest BCUT2D eigenvalue weighted by molar-refractivity contribution is 5.93. The summed E-state index contributed by atoms with van der Waals surface area (Å²) in [6.07, 6.45) is -2.25. The molecule has 1 aliphatic rings. The maximum absolute atomic E-state index is 12.7. The summed E-state index contributed by atoms with van der Waals surface area (Å²) in [7, 11) is 0. The number of benzene rings is 1. The highest BCUT2D eigenvalue weighted by Crippen LogP contribution is 2.31. The first-order valence-corrected chi connectivity index (χ1v) is 7.65. The summed E-state index contributed by atoms with van der Waals surface area (Å²) in [5, 5.41) is 2.45. The number of alkyl halides is 3. The lowest BCUT2D eigenvalue weighted by Crippen LogP contribution is -2.59. The van der Waals surface area contributed by atoms with Crippen LogP contribution in [0.2, 0.25) is 0 Å². The largest absolute Gasteiger partial charge is 0.416 e. The molecule has 1 heterocycles. The number of likely N-dealkylation sites (tertiary alicyclic amines) is 1. The Kier molecular flexibility index (Phi) is 5.17. The number of nitrogens with zero attached hydrogens (tertiary/aromatic N) is 1. The summed E-state index contributed by atoms with van der Waals surface area (Å²) in [6.45, 7) is 2.12. The molecular formula is C16H20F3N3O2. The van der Waals surface area contributed by atoms with Crippen LogP contribution >= 0.6 is 0 Å². The summed E-state index contributed by atoms with van der Waals surface area (Å²) in [6, 6.07) is 4.43. The standard InChI is InChI=1S/C16H20F3N3O2/c1-15(14(20)24)7-2-3-8-22(15)10-13(23)21-12-6-4-5-11(9-12)16(17,18)19/h4-6,9H,2-3,7-8,10H2,1H3,(H2,20,24)(H,21,23)/t15-/m0/s1. The molecule has 0 unspecified atom stereocenters. The van der Waals surface area contributed by atoms with E-state index in [9.17, 15) is 22.8 Å². The Balaban J connectivity index is 2.06. The summed E-state index contributed by atoms with van der Waals surface area (Å²) in [5.74, 6) is -0.988. The minimum Gasteiger partial charge on any atom is -0.368 e.